The number of anilines is 2. The number of fused-ring (bicyclic) bond motifs is 2. The van der Waals surface area contributed by atoms with E-state index in [0.717, 1.165) is 0 Å². The van der Waals surface area contributed by atoms with E-state index in [1.807, 2.05) is 27.7 Å². The van der Waals surface area contributed by atoms with Gasteiger partial charge in [-0.2, -0.15) is 0 Å². The maximum atomic E-state index is 13.3. The molecule has 0 saturated heterocycles. The van der Waals surface area contributed by atoms with E-state index in [-0.39, 0.29) is 47.2 Å². The van der Waals surface area contributed by atoms with Gasteiger partial charge in [0.15, 0.2) is 11.6 Å². The number of rotatable bonds is 14. The third kappa shape index (κ3) is 8.80. The van der Waals surface area contributed by atoms with E-state index in [0.29, 0.717) is 24.2 Å². The summed E-state index contributed by atoms with van der Waals surface area (Å²) in [5.41, 5.74) is 1.25. The fourth-order valence-electron chi connectivity index (χ4n) is 4.90. The molecule has 1 aliphatic carbocycles. The fourth-order valence-corrected chi connectivity index (χ4v) is 4.90. The molecular formula is C32H40N4O8. The number of ketones is 2. The molecule has 4 N–H and O–H groups in total. The largest absolute Gasteiger partial charge is 0.468 e. The van der Waals surface area contributed by atoms with Crippen LogP contribution in [0.25, 0.3) is 0 Å². The summed E-state index contributed by atoms with van der Waals surface area (Å²) in [6.07, 6.45) is 0.983. The molecule has 0 bridgehead atoms. The zero-order valence-electron chi connectivity index (χ0n) is 25.9. The fraction of sp³-hybridized carbons (Fsp3) is 0.438. The van der Waals surface area contributed by atoms with E-state index in [2.05, 4.69) is 21.3 Å². The van der Waals surface area contributed by atoms with Crippen molar-refractivity contribution in [3.63, 3.8) is 0 Å². The minimum Gasteiger partial charge on any atom is -0.468 e. The first kappa shape index (κ1) is 34.1. The summed E-state index contributed by atoms with van der Waals surface area (Å²) in [4.78, 5) is 75.9. The second-order valence-electron chi connectivity index (χ2n) is 11.4. The molecule has 2 aromatic carbocycles. The van der Waals surface area contributed by atoms with Crippen LogP contribution in [0, 0.1) is 11.8 Å². The number of nitrogens with one attached hydrogen (secondary N) is 4. The monoisotopic (exact) mass is 608 g/mol. The summed E-state index contributed by atoms with van der Waals surface area (Å²) in [7, 11) is 2.57. The normalized spacial score (nSPS) is 13.5. The molecule has 44 heavy (non-hydrogen) atoms. The molecular weight excluding hydrogens is 568 g/mol. The molecule has 2 aromatic rings. The molecule has 236 valence electrons. The smallest absolute Gasteiger partial charge is 0.322 e. The lowest BCUT2D eigenvalue weighted by molar-refractivity contribution is -0.144. The van der Waals surface area contributed by atoms with Crippen molar-refractivity contribution in [1.29, 1.82) is 0 Å². The Bertz CT molecular complexity index is 1330. The van der Waals surface area contributed by atoms with Crippen molar-refractivity contribution >= 4 is 46.7 Å². The zero-order chi connectivity index (χ0) is 32.6. The molecule has 3 rings (SSSR count). The standard InChI is InChI=1S/C32H40N4O8/c1-17(2)11-25(31(41)43-5)33-15-27(37)35-19-7-9-21-23(13-19)29(39)22-10-8-20(14-24(22)30(21)40)36-28(38)16-34-26(12-18(3)4)32(42)44-6/h7-10,13-14,17-18,25-26,33-34H,11-12,15-16H2,1-6H3,(H,35,37)(H,36,38)/t25-,26-/m1/s1. The molecule has 0 aliphatic heterocycles. The molecule has 0 radical (unpaired) electrons. The van der Waals surface area contributed by atoms with Gasteiger partial charge in [-0.15, -0.1) is 0 Å². The van der Waals surface area contributed by atoms with Crippen molar-refractivity contribution in [2.24, 2.45) is 11.8 Å². The molecule has 1 aliphatic rings. The predicted octanol–water partition coefficient (Wildman–Crippen LogP) is 2.69. The van der Waals surface area contributed by atoms with Gasteiger partial charge in [0.1, 0.15) is 12.1 Å². The second-order valence-corrected chi connectivity index (χ2v) is 11.4. The average molecular weight is 609 g/mol. The highest BCUT2D eigenvalue weighted by Crippen LogP contribution is 2.31. The van der Waals surface area contributed by atoms with Crippen LogP contribution in [0.1, 0.15) is 72.4 Å². The maximum Gasteiger partial charge on any atom is 0.322 e. The molecule has 0 heterocycles. The van der Waals surface area contributed by atoms with E-state index in [1.165, 1.54) is 50.6 Å². The minimum absolute atomic E-state index is 0.139. The molecule has 2 atom stereocenters. The van der Waals surface area contributed by atoms with Gasteiger partial charge in [0.05, 0.1) is 27.3 Å². The highest BCUT2D eigenvalue weighted by Gasteiger charge is 2.31. The Morgan fingerprint density at radius 2 is 0.977 bits per heavy atom. The Kier molecular flexibility index (Phi) is 11.9. The highest BCUT2D eigenvalue weighted by atomic mass is 16.5. The van der Waals surface area contributed by atoms with Crippen LogP contribution in [0.2, 0.25) is 0 Å². The van der Waals surface area contributed by atoms with Crippen LogP contribution in [0.4, 0.5) is 11.4 Å². The molecule has 0 aromatic heterocycles. The number of amides is 2. The lowest BCUT2D eigenvalue weighted by atomic mass is 9.83. The van der Waals surface area contributed by atoms with Crippen LogP contribution in [-0.4, -0.2) is 74.7 Å². The SMILES string of the molecule is COC(=O)[C@@H](CC(C)C)NCC(=O)Nc1ccc2c(c1)C(=O)c1ccc(NC(=O)CN[C@H](CC(C)C)C(=O)OC)cc1C2=O. The van der Waals surface area contributed by atoms with Crippen molar-refractivity contribution in [3.8, 4) is 0 Å². The topological polar surface area (TPSA) is 169 Å². The lowest BCUT2D eigenvalue weighted by Crippen LogP contribution is -2.42. The van der Waals surface area contributed by atoms with Crippen molar-refractivity contribution < 1.29 is 38.2 Å². The van der Waals surface area contributed by atoms with E-state index >= 15 is 0 Å². The van der Waals surface area contributed by atoms with Crippen LogP contribution in [0.5, 0.6) is 0 Å². The molecule has 12 heteroatoms. The van der Waals surface area contributed by atoms with E-state index in [9.17, 15) is 28.8 Å². The van der Waals surface area contributed by atoms with Crippen LogP contribution >= 0.6 is 0 Å². The Labute approximate surface area is 256 Å². The van der Waals surface area contributed by atoms with Crippen molar-refractivity contribution in [2.75, 3.05) is 37.9 Å². The van der Waals surface area contributed by atoms with Gasteiger partial charge in [-0.25, -0.2) is 0 Å². The summed E-state index contributed by atoms with van der Waals surface area (Å²) >= 11 is 0. The number of hydrogen-bond donors (Lipinski definition) is 4. The van der Waals surface area contributed by atoms with E-state index in [1.54, 1.807) is 0 Å². The molecule has 0 fully saturated rings. The summed E-state index contributed by atoms with van der Waals surface area (Å²) in [6.45, 7) is 7.49. The molecule has 2 amide bonds. The van der Waals surface area contributed by atoms with Crippen molar-refractivity contribution in [3.05, 3.63) is 58.7 Å². The number of carbonyl (C=O) groups is 6. The van der Waals surface area contributed by atoms with Crippen LogP contribution in [-0.2, 0) is 28.7 Å². The van der Waals surface area contributed by atoms with Crippen molar-refractivity contribution in [2.45, 2.75) is 52.6 Å². The quantitative estimate of drug-likeness (QED) is 0.200. The number of carbonyl (C=O) groups excluding carboxylic acids is 6. The zero-order valence-corrected chi connectivity index (χ0v) is 25.9. The van der Waals surface area contributed by atoms with Crippen LogP contribution in [0.3, 0.4) is 0 Å². The first-order valence-electron chi connectivity index (χ1n) is 14.4. The van der Waals surface area contributed by atoms with Gasteiger partial charge in [-0.05, 0) is 61.1 Å². The first-order chi connectivity index (χ1) is 20.8. The van der Waals surface area contributed by atoms with E-state index < -0.39 is 47.4 Å². The minimum atomic E-state index is -0.641. The Morgan fingerprint density at radius 1 is 0.614 bits per heavy atom. The Morgan fingerprint density at radius 3 is 1.30 bits per heavy atom. The molecule has 0 saturated carbocycles. The third-order valence-electron chi connectivity index (χ3n) is 6.99. The number of benzene rings is 2. The number of ether oxygens (including phenoxy) is 2. The highest BCUT2D eigenvalue weighted by molar-refractivity contribution is 6.29. The Balaban J connectivity index is 1.67. The first-order valence-corrected chi connectivity index (χ1v) is 14.4. The molecule has 12 nitrogen and oxygen atoms in total. The van der Waals surface area contributed by atoms with Gasteiger partial charge in [-0.1, -0.05) is 27.7 Å². The summed E-state index contributed by atoms with van der Waals surface area (Å²) < 4.78 is 9.61. The van der Waals surface area contributed by atoms with Gasteiger partial charge in [0.25, 0.3) is 0 Å². The summed E-state index contributed by atoms with van der Waals surface area (Å²) in [5, 5.41) is 11.2. The van der Waals surface area contributed by atoms with E-state index in [4.69, 9.17) is 9.47 Å². The summed E-state index contributed by atoms with van der Waals surface area (Å²) in [6, 6.07) is 7.57. The average Bonchev–Trinajstić information content (AvgIpc) is 2.98. The van der Waals surface area contributed by atoms with Gasteiger partial charge in [0, 0.05) is 33.6 Å². The van der Waals surface area contributed by atoms with Gasteiger partial charge in [-0.3, -0.25) is 39.4 Å². The predicted molar refractivity (Wildman–Crippen MR) is 164 cm³/mol. The number of esters is 2. The maximum absolute atomic E-state index is 13.3. The summed E-state index contributed by atoms with van der Waals surface area (Å²) in [5.74, 6) is -2.20. The molecule has 0 spiro atoms. The number of methoxy groups -OCH3 is 2. The van der Waals surface area contributed by atoms with Gasteiger partial charge >= 0.3 is 11.9 Å². The van der Waals surface area contributed by atoms with Crippen LogP contribution < -0.4 is 21.3 Å². The van der Waals surface area contributed by atoms with Gasteiger partial charge < -0.3 is 20.1 Å². The Hall–Kier alpha value is -4.42. The number of hydrogen-bond acceptors (Lipinski definition) is 10. The van der Waals surface area contributed by atoms with Crippen molar-refractivity contribution in [1.82, 2.24) is 10.6 Å². The van der Waals surface area contributed by atoms with Gasteiger partial charge in [0.2, 0.25) is 11.8 Å². The third-order valence-corrected chi connectivity index (χ3v) is 6.99. The second kappa shape index (κ2) is 15.3. The molecule has 0 unspecified atom stereocenters. The van der Waals surface area contributed by atoms with Crippen LogP contribution in [0.15, 0.2) is 36.4 Å². The lowest BCUT2D eigenvalue weighted by Gasteiger charge is -2.20.